The van der Waals surface area contributed by atoms with Crippen LogP contribution in [0, 0.1) is 0 Å². The summed E-state index contributed by atoms with van der Waals surface area (Å²) in [5.74, 6) is -9.50. The Kier molecular flexibility index (Phi) is 14.2. The van der Waals surface area contributed by atoms with Gasteiger partial charge in [-0.15, -0.1) is 0 Å². The SMILES string of the molecule is O=C([O-])C(=O)[O-].O=C([O-])c1ccc(C(=O)[O-])c(C(=O)[O-])c1.[Sr+2].[Ti+2]. The van der Waals surface area contributed by atoms with Crippen molar-refractivity contribution < 1.29 is 71.2 Å². The van der Waals surface area contributed by atoms with Crippen molar-refractivity contribution in [3.05, 3.63) is 34.9 Å². The smallest absolute Gasteiger partial charge is 0.545 e. The van der Waals surface area contributed by atoms with Gasteiger partial charge in [0.2, 0.25) is 0 Å². The van der Waals surface area contributed by atoms with Crippen molar-refractivity contribution >= 4 is 75.3 Å². The molecule has 0 atom stereocenters. The van der Waals surface area contributed by atoms with Crippen LogP contribution in [0.4, 0.5) is 0 Å². The molecule has 0 aliphatic rings. The molecule has 0 unspecified atom stereocenters. The Hall–Kier alpha value is -1.24. The first-order valence-corrected chi connectivity index (χ1v) is 4.78. The third-order valence-electron chi connectivity index (χ3n) is 1.86. The Labute approximate surface area is 179 Å². The third kappa shape index (κ3) is 9.48. The molecule has 23 heavy (non-hydrogen) atoms. The molecule has 0 radical (unpaired) electrons. The molecule has 0 heterocycles. The van der Waals surface area contributed by atoms with Crippen molar-refractivity contribution in [2.75, 3.05) is 0 Å². The molecule has 10 nitrogen and oxygen atoms in total. The van der Waals surface area contributed by atoms with Crippen LogP contribution in [0.25, 0.3) is 0 Å². The van der Waals surface area contributed by atoms with Crippen LogP contribution in [0.5, 0.6) is 0 Å². The van der Waals surface area contributed by atoms with Gasteiger partial charge >= 0.3 is 67.2 Å². The first-order chi connectivity index (χ1) is 9.57. The van der Waals surface area contributed by atoms with Crippen molar-refractivity contribution in [3.8, 4) is 0 Å². The molecule has 12 heteroatoms. The summed E-state index contributed by atoms with van der Waals surface area (Å²) in [4.78, 5) is 49.1. The zero-order valence-corrected chi connectivity index (χ0v) is 16.1. The number of aromatic carboxylic acids is 3. The summed E-state index contributed by atoms with van der Waals surface area (Å²) in [6, 6.07) is 2.37. The summed E-state index contributed by atoms with van der Waals surface area (Å²) < 4.78 is 0. The van der Waals surface area contributed by atoms with Crippen molar-refractivity contribution in [1.82, 2.24) is 0 Å². The van der Waals surface area contributed by atoms with Crippen LogP contribution in [0.15, 0.2) is 18.2 Å². The predicted molar refractivity (Wildman–Crippen MR) is 55.2 cm³/mol. The fraction of sp³-hybridized carbons (Fsp3) is 0. The number of rotatable bonds is 3. The van der Waals surface area contributed by atoms with E-state index in [-0.39, 0.29) is 67.2 Å². The van der Waals surface area contributed by atoms with E-state index in [1.54, 1.807) is 0 Å². The summed E-state index contributed by atoms with van der Waals surface area (Å²) in [6.45, 7) is 0. The minimum absolute atomic E-state index is 0. The molecule has 0 N–H and O–H groups in total. The second-order valence-corrected chi connectivity index (χ2v) is 3.20. The molecule has 0 aliphatic carbocycles. The van der Waals surface area contributed by atoms with Gasteiger partial charge in [-0.3, -0.25) is 0 Å². The first-order valence-electron chi connectivity index (χ1n) is 4.78. The van der Waals surface area contributed by atoms with Gasteiger partial charge in [0, 0.05) is 11.1 Å². The maximum atomic E-state index is 10.5. The minimum atomic E-state index is -2.19. The standard InChI is InChI=1S/C9H6O6.C2H2O4.Sr.Ti/c10-7(11)4-1-2-5(8(12)13)6(3-4)9(14)15;3-1(4)2(5)6;;/h1-3H,(H,10,11)(H,12,13)(H,14,15);(H,3,4)(H,5,6);;/q;;2*+2/p-5. The van der Waals surface area contributed by atoms with E-state index < -0.39 is 46.5 Å². The number of carboxylic acids is 5. The van der Waals surface area contributed by atoms with Gasteiger partial charge in [-0.25, -0.2) is 0 Å². The molecule has 1 aromatic rings. The molecule has 0 bridgehead atoms. The second-order valence-electron chi connectivity index (χ2n) is 3.20. The summed E-state index contributed by atoms with van der Waals surface area (Å²) in [6.07, 6.45) is 0. The molecule has 0 fully saturated rings. The van der Waals surface area contributed by atoms with Crippen LogP contribution in [0.1, 0.15) is 31.1 Å². The fourth-order valence-electron chi connectivity index (χ4n) is 1.02. The third-order valence-corrected chi connectivity index (χ3v) is 1.86. The number of aliphatic carboxylic acids is 2. The molecule has 0 amide bonds. The quantitative estimate of drug-likeness (QED) is 0.327. The van der Waals surface area contributed by atoms with E-state index in [9.17, 15) is 29.7 Å². The molecular formula is C11H3O10SrTi-. The topological polar surface area (TPSA) is 201 Å². The van der Waals surface area contributed by atoms with Gasteiger partial charge in [0.25, 0.3) is 0 Å². The van der Waals surface area contributed by atoms with Crippen molar-refractivity contribution in [2.24, 2.45) is 0 Å². The maximum Gasteiger partial charge on any atom is 2.00 e. The van der Waals surface area contributed by atoms with Crippen LogP contribution < -0.4 is 25.5 Å². The second kappa shape index (κ2) is 12.2. The van der Waals surface area contributed by atoms with Crippen molar-refractivity contribution in [2.45, 2.75) is 0 Å². The van der Waals surface area contributed by atoms with Gasteiger partial charge in [0.15, 0.2) is 0 Å². The van der Waals surface area contributed by atoms with Gasteiger partial charge in [0.1, 0.15) is 0 Å². The van der Waals surface area contributed by atoms with E-state index in [2.05, 4.69) is 0 Å². The normalized spacial score (nSPS) is 8.17. The Morgan fingerprint density at radius 2 is 1.04 bits per heavy atom. The van der Waals surface area contributed by atoms with Crippen LogP contribution in [0.3, 0.4) is 0 Å². The van der Waals surface area contributed by atoms with Crippen LogP contribution in [-0.2, 0) is 31.3 Å². The molecular weight excluding hydrogens is 428 g/mol. The first kappa shape index (κ1) is 26.7. The average molecular weight is 431 g/mol. The summed E-state index contributed by atoms with van der Waals surface area (Å²) in [5.41, 5.74) is -1.84. The Bertz CT molecular complexity index is 615. The molecule has 0 aliphatic heterocycles. The maximum absolute atomic E-state index is 10.5. The Morgan fingerprint density at radius 3 is 1.30 bits per heavy atom. The molecule has 0 saturated heterocycles. The number of carbonyl (C=O) groups is 5. The minimum Gasteiger partial charge on any atom is -0.545 e. The van der Waals surface area contributed by atoms with Crippen molar-refractivity contribution in [1.29, 1.82) is 0 Å². The average Bonchev–Trinajstić information content (AvgIpc) is 2.38. The van der Waals surface area contributed by atoms with Crippen LogP contribution in [0.2, 0.25) is 0 Å². The Balaban J connectivity index is -0.000000434. The van der Waals surface area contributed by atoms with Crippen LogP contribution in [-0.4, -0.2) is 75.3 Å². The van der Waals surface area contributed by atoms with Gasteiger partial charge < -0.3 is 49.5 Å². The number of benzene rings is 1. The van der Waals surface area contributed by atoms with E-state index in [1.165, 1.54) is 0 Å². The molecule has 0 spiro atoms. The molecule has 114 valence electrons. The number of hydrogen-bond donors (Lipinski definition) is 0. The molecule has 0 aromatic heterocycles. The van der Waals surface area contributed by atoms with E-state index in [0.29, 0.717) is 6.07 Å². The summed E-state index contributed by atoms with van der Waals surface area (Å²) >= 11 is 0. The number of hydrogen-bond acceptors (Lipinski definition) is 10. The number of carbonyl (C=O) groups excluding carboxylic acids is 5. The van der Waals surface area contributed by atoms with Gasteiger partial charge in [-0.1, -0.05) is 12.1 Å². The van der Waals surface area contributed by atoms with E-state index in [0.717, 1.165) is 12.1 Å². The van der Waals surface area contributed by atoms with Gasteiger partial charge in [-0.2, -0.15) is 0 Å². The Morgan fingerprint density at radius 1 is 0.652 bits per heavy atom. The largest absolute Gasteiger partial charge is 2.00 e. The zero-order chi connectivity index (χ0) is 16.7. The van der Waals surface area contributed by atoms with Gasteiger partial charge in [0.05, 0.1) is 29.8 Å². The summed E-state index contributed by atoms with van der Waals surface area (Å²) in [5, 5.41) is 49.1. The van der Waals surface area contributed by atoms with E-state index in [1.807, 2.05) is 0 Å². The molecule has 0 saturated carbocycles. The van der Waals surface area contributed by atoms with E-state index in [4.69, 9.17) is 19.8 Å². The van der Waals surface area contributed by atoms with Crippen LogP contribution >= 0.6 is 0 Å². The number of carboxylic acid groups (broad SMARTS) is 5. The molecule has 1 rings (SSSR count). The van der Waals surface area contributed by atoms with Gasteiger partial charge in [-0.05, 0) is 11.6 Å². The summed E-state index contributed by atoms with van der Waals surface area (Å²) in [7, 11) is 0. The molecule has 1 aromatic carbocycles. The van der Waals surface area contributed by atoms with E-state index >= 15 is 0 Å². The fourth-order valence-corrected chi connectivity index (χ4v) is 1.02. The van der Waals surface area contributed by atoms with Crippen molar-refractivity contribution in [3.63, 3.8) is 0 Å². The monoisotopic (exact) mass is 431 g/mol. The predicted octanol–water partition coefficient (Wildman–Crippen LogP) is -7.12. The zero-order valence-electron chi connectivity index (χ0n) is 11.0.